The topological polar surface area (TPSA) is 51.0 Å². The molecule has 1 fully saturated rings. The summed E-state index contributed by atoms with van der Waals surface area (Å²) in [5.74, 6) is 2.38. The maximum Gasteiger partial charge on any atom is 0.163 e. The maximum atomic E-state index is 5.41. The van der Waals surface area contributed by atoms with E-state index in [9.17, 15) is 0 Å². The number of hydrogen-bond donors (Lipinski definition) is 1. The van der Waals surface area contributed by atoms with Crippen LogP contribution in [0.1, 0.15) is 47.9 Å². The first kappa shape index (κ1) is 12.1. The molecule has 2 aromatic rings. The number of aryl methyl sites for hydroxylation is 1. The van der Waals surface area contributed by atoms with E-state index in [0.29, 0.717) is 5.92 Å². The average molecular weight is 269 g/mol. The van der Waals surface area contributed by atoms with Crippen LogP contribution in [0.15, 0.2) is 16.7 Å². The molecule has 1 aliphatic carbocycles. The Hall–Kier alpha value is -1.68. The third kappa shape index (κ3) is 1.86. The van der Waals surface area contributed by atoms with Gasteiger partial charge in [0.1, 0.15) is 5.76 Å². The molecule has 0 spiro atoms. The lowest BCUT2D eigenvalue weighted by Gasteiger charge is -2.29. The van der Waals surface area contributed by atoms with Gasteiger partial charge in [0.05, 0.1) is 23.2 Å². The van der Waals surface area contributed by atoms with Crippen molar-refractivity contribution in [3.63, 3.8) is 0 Å². The first-order chi connectivity index (χ1) is 9.83. The summed E-state index contributed by atoms with van der Waals surface area (Å²) in [6.07, 6.45) is 6.59. The average Bonchev–Trinajstić information content (AvgIpc) is 2.83. The van der Waals surface area contributed by atoms with E-state index >= 15 is 0 Å². The molecule has 0 unspecified atom stereocenters. The van der Waals surface area contributed by atoms with Crippen LogP contribution in [-0.2, 0) is 13.0 Å². The van der Waals surface area contributed by atoms with Crippen LogP contribution in [0.4, 0.5) is 0 Å². The van der Waals surface area contributed by atoms with Gasteiger partial charge in [-0.3, -0.25) is 0 Å². The van der Waals surface area contributed by atoms with Gasteiger partial charge < -0.3 is 9.73 Å². The quantitative estimate of drug-likeness (QED) is 0.910. The van der Waals surface area contributed by atoms with Crippen molar-refractivity contribution in [1.82, 2.24) is 15.3 Å². The Labute approximate surface area is 118 Å². The summed E-state index contributed by atoms with van der Waals surface area (Å²) in [5.41, 5.74) is 4.90. The monoisotopic (exact) mass is 269 g/mol. The van der Waals surface area contributed by atoms with Gasteiger partial charge in [0.25, 0.3) is 0 Å². The fourth-order valence-electron chi connectivity index (χ4n) is 3.13. The van der Waals surface area contributed by atoms with Crippen LogP contribution in [0, 0.1) is 6.92 Å². The molecule has 0 atom stereocenters. The van der Waals surface area contributed by atoms with Crippen molar-refractivity contribution in [3.8, 4) is 11.4 Å². The maximum absolute atomic E-state index is 5.41. The first-order valence-corrected chi connectivity index (χ1v) is 7.48. The summed E-state index contributed by atoms with van der Waals surface area (Å²) >= 11 is 0. The predicted octanol–water partition coefficient (Wildman–Crippen LogP) is 2.96. The Kier molecular flexibility index (Phi) is 2.84. The molecular formula is C16H19N3O. The molecule has 2 aromatic heterocycles. The van der Waals surface area contributed by atoms with Crippen LogP contribution in [0.2, 0.25) is 0 Å². The minimum Gasteiger partial charge on any atom is -0.469 e. The third-order valence-electron chi connectivity index (χ3n) is 4.56. The summed E-state index contributed by atoms with van der Waals surface area (Å²) in [7, 11) is 0. The van der Waals surface area contributed by atoms with Crippen molar-refractivity contribution in [1.29, 1.82) is 0 Å². The van der Waals surface area contributed by atoms with Crippen molar-refractivity contribution in [2.75, 3.05) is 6.54 Å². The second-order valence-electron chi connectivity index (χ2n) is 5.80. The van der Waals surface area contributed by atoms with E-state index in [-0.39, 0.29) is 0 Å². The highest BCUT2D eigenvalue weighted by Crippen LogP contribution is 2.39. The Balaban J connectivity index is 1.86. The fraction of sp³-hybridized carbons (Fsp3) is 0.500. The van der Waals surface area contributed by atoms with E-state index in [0.717, 1.165) is 36.7 Å². The summed E-state index contributed by atoms with van der Waals surface area (Å²) in [6.45, 7) is 3.91. The second-order valence-corrected chi connectivity index (χ2v) is 5.80. The van der Waals surface area contributed by atoms with E-state index in [4.69, 9.17) is 14.4 Å². The number of furan rings is 1. The molecule has 0 bridgehead atoms. The van der Waals surface area contributed by atoms with E-state index in [1.165, 1.54) is 36.2 Å². The molecule has 4 nitrogen and oxygen atoms in total. The van der Waals surface area contributed by atoms with Crippen LogP contribution >= 0.6 is 0 Å². The largest absolute Gasteiger partial charge is 0.469 e. The van der Waals surface area contributed by atoms with Gasteiger partial charge in [-0.05, 0) is 25.8 Å². The summed E-state index contributed by atoms with van der Waals surface area (Å²) in [4.78, 5) is 9.71. The summed E-state index contributed by atoms with van der Waals surface area (Å²) in [5, 5.41) is 3.45. The van der Waals surface area contributed by atoms with Crippen molar-refractivity contribution in [2.45, 2.75) is 45.1 Å². The van der Waals surface area contributed by atoms with Gasteiger partial charge in [0.15, 0.2) is 5.82 Å². The highest BCUT2D eigenvalue weighted by atomic mass is 16.3. The Morgan fingerprint density at radius 1 is 1.30 bits per heavy atom. The molecule has 0 saturated heterocycles. The minimum absolute atomic E-state index is 0.637. The van der Waals surface area contributed by atoms with Gasteiger partial charge in [0.2, 0.25) is 0 Å². The molecule has 1 aliphatic heterocycles. The smallest absolute Gasteiger partial charge is 0.163 e. The second kappa shape index (κ2) is 4.70. The molecular weight excluding hydrogens is 250 g/mol. The highest BCUT2D eigenvalue weighted by Gasteiger charge is 2.28. The van der Waals surface area contributed by atoms with Crippen molar-refractivity contribution < 1.29 is 4.42 Å². The normalized spacial score (nSPS) is 18.6. The van der Waals surface area contributed by atoms with Gasteiger partial charge in [0, 0.05) is 31.0 Å². The zero-order chi connectivity index (χ0) is 13.5. The van der Waals surface area contributed by atoms with Crippen LogP contribution in [-0.4, -0.2) is 16.5 Å². The molecule has 1 saturated carbocycles. The summed E-state index contributed by atoms with van der Waals surface area (Å²) in [6, 6.07) is 1.97. The van der Waals surface area contributed by atoms with Gasteiger partial charge >= 0.3 is 0 Å². The van der Waals surface area contributed by atoms with Crippen molar-refractivity contribution in [3.05, 3.63) is 35.0 Å². The zero-order valence-electron chi connectivity index (χ0n) is 11.8. The third-order valence-corrected chi connectivity index (χ3v) is 4.56. The number of aromatic nitrogens is 2. The summed E-state index contributed by atoms with van der Waals surface area (Å²) < 4.78 is 5.41. The molecule has 20 heavy (non-hydrogen) atoms. The molecule has 0 amide bonds. The molecule has 104 valence electrons. The molecule has 4 heteroatoms. The Bertz CT molecular complexity index is 643. The van der Waals surface area contributed by atoms with E-state index in [2.05, 4.69) is 5.32 Å². The van der Waals surface area contributed by atoms with Gasteiger partial charge in [-0.2, -0.15) is 0 Å². The van der Waals surface area contributed by atoms with Crippen molar-refractivity contribution in [2.24, 2.45) is 0 Å². The Morgan fingerprint density at radius 2 is 2.20 bits per heavy atom. The highest BCUT2D eigenvalue weighted by molar-refractivity contribution is 5.58. The minimum atomic E-state index is 0.637. The molecule has 1 N–H and O–H groups in total. The number of hydrogen-bond acceptors (Lipinski definition) is 4. The van der Waals surface area contributed by atoms with E-state index in [1.807, 2.05) is 13.0 Å². The Morgan fingerprint density at radius 3 is 2.90 bits per heavy atom. The first-order valence-electron chi connectivity index (χ1n) is 7.48. The molecule has 0 aromatic carbocycles. The van der Waals surface area contributed by atoms with Crippen LogP contribution in [0.5, 0.6) is 0 Å². The lowest BCUT2D eigenvalue weighted by Crippen LogP contribution is -2.28. The number of nitrogens with one attached hydrogen (secondary N) is 1. The van der Waals surface area contributed by atoms with Crippen LogP contribution < -0.4 is 5.32 Å². The van der Waals surface area contributed by atoms with Crippen LogP contribution in [0.3, 0.4) is 0 Å². The molecule has 2 aliphatic rings. The van der Waals surface area contributed by atoms with Crippen molar-refractivity contribution >= 4 is 0 Å². The van der Waals surface area contributed by atoms with Crippen LogP contribution in [0.25, 0.3) is 11.4 Å². The zero-order valence-corrected chi connectivity index (χ0v) is 11.8. The van der Waals surface area contributed by atoms with Gasteiger partial charge in [-0.15, -0.1) is 0 Å². The van der Waals surface area contributed by atoms with E-state index in [1.54, 1.807) is 6.26 Å². The number of fused-ring (bicyclic) bond motifs is 1. The van der Waals surface area contributed by atoms with E-state index < -0.39 is 0 Å². The van der Waals surface area contributed by atoms with Gasteiger partial charge in [-0.25, -0.2) is 9.97 Å². The molecule has 4 rings (SSSR count). The SMILES string of the molecule is Cc1occc1-c1nc2c(c(C3CCC3)n1)CNCC2. The lowest BCUT2D eigenvalue weighted by molar-refractivity contribution is 0.404. The molecule has 3 heterocycles. The van der Waals surface area contributed by atoms with Gasteiger partial charge in [-0.1, -0.05) is 6.42 Å². The lowest BCUT2D eigenvalue weighted by atomic mass is 9.80. The predicted molar refractivity (Wildman–Crippen MR) is 76.5 cm³/mol. The standard InChI is InChI=1S/C16H19N3O/c1-10-12(6-8-20-10)16-18-14-5-7-17-9-13(14)15(19-16)11-3-2-4-11/h6,8,11,17H,2-5,7,9H2,1H3. The molecule has 0 radical (unpaired) electrons. The number of nitrogens with zero attached hydrogens (tertiary/aromatic N) is 2. The fourth-order valence-corrected chi connectivity index (χ4v) is 3.13. The number of rotatable bonds is 2.